The van der Waals surface area contributed by atoms with Crippen LogP contribution in [0, 0.1) is 5.92 Å². The van der Waals surface area contributed by atoms with E-state index in [1.165, 1.54) is 11.3 Å². The highest BCUT2D eigenvalue weighted by Gasteiger charge is 2.30. The number of aromatic nitrogens is 1. The fourth-order valence-corrected chi connectivity index (χ4v) is 5.01. The Balaban J connectivity index is 1.47. The molecule has 1 amide bonds. The van der Waals surface area contributed by atoms with Gasteiger partial charge in [-0.15, -0.1) is 0 Å². The van der Waals surface area contributed by atoms with Crippen molar-refractivity contribution in [3.63, 3.8) is 0 Å². The van der Waals surface area contributed by atoms with Crippen LogP contribution in [-0.2, 0) is 9.53 Å². The van der Waals surface area contributed by atoms with Gasteiger partial charge in [-0.25, -0.2) is 4.98 Å². The third-order valence-corrected chi connectivity index (χ3v) is 6.77. The molecular weight excluding hydrogens is 404 g/mol. The van der Waals surface area contributed by atoms with E-state index in [1.807, 2.05) is 0 Å². The first-order valence-corrected chi connectivity index (χ1v) is 11.2. The van der Waals surface area contributed by atoms with Crippen molar-refractivity contribution in [2.24, 2.45) is 5.92 Å². The lowest BCUT2D eigenvalue weighted by Crippen LogP contribution is -2.35. The van der Waals surface area contributed by atoms with Gasteiger partial charge in [0.1, 0.15) is 10.6 Å². The Labute approximate surface area is 180 Å². The van der Waals surface area contributed by atoms with Crippen LogP contribution in [0.5, 0.6) is 0 Å². The topological polar surface area (TPSA) is 87.9 Å². The van der Waals surface area contributed by atoms with Crippen molar-refractivity contribution in [3.05, 3.63) is 23.3 Å². The molecule has 1 unspecified atom stereocenters. The summed E-state index contributed by atoms with van der Waals surface area (Å²) in [4.78, 5) is 35.2. The van der Waals surface area contributed by atoms with Crippen LogP contribution >= 0.6 is 11.3 Å². The Bertz CT molecular complexity index is 874. The van der Waals surface area contributed by atoms with E-state index in [1.54, 1.807) is 18.4 Å². The van der Waals surface area contributed by atoms with Crippen molar-refractivity contribution in [1.82, 2.24) is 14.8 Å². The summed E-state index contributed by atoms with van der Waals surface area (Å²) in [5.41, 5.74) is 0.505. The number of likely N-dealkylation sites (tertiary alicyclic amines) is 1. The molecule has 2 aliphatic heterocycles. The van der Waals surface area contributed by atoms with E-state index in [9.17, 15) is 9.59 Å². The van der Waals surface area contributed by atoms with Gasteiger partial charge in [-0.1, -0.05) is 11.3 Å². The zero-order valence-electron chi connectivity index (χ0n) is 17.4. The second kappa shape index (κ2) is 9.38. The number of hydrogen-bond donors (Lipinski definition) is 1. The summed E-state index contributed by atoms with van der Waals surface area (Å²) >= 11 is 1.23. The van der Waals surface area contributed by atoms with Crippen LogP contribution in [0.2, 0.25) is 0 Å². The Morgan fingerprint density at radius 2 is 2.10 bits per heavy atom. The van der Waals surface area contributed by atoms with Gasteiger partial charge in [0.2, 0.25) is 5.91 Å². The summed E-state index contributed by atoms with van der Waals surface area (Å²) in [7, 11) is 4.13. The molecule has 1 N–H and O–H groups in total. The number of nitrogens with zero attached hydrogens (tertiary/aromatic N) is 3. The van der Waals surface area contributed by atoms with E-state index in [0.29, 0.717) is 60.1 Å². The molecule has 1 atom stereocenters. The minimum absolute atomic E-state index is 0.0519. The summed E-state index contributed by atoms with van der Waals surface area (Å²) in [5, 5.41) is 3.32. The average Bonchev–Trinajstić information content (AvgIpc) is 3.48. The molecule has 0 saturated carbocycles. The van der Waals surface area contributed by atoms with E-state index in [-0.39, 0.29) is 17.6 Å². The number of furan rings is 1. The summed E-state index contributed by atoms with van der Waals surface area (Å²) < 4.78 is 10.9. The summed E-state index contributed by atoms with van der Waals surface area (Å²) in [6.45, 7) is 3.29. The van der Waals surface area contributed by atoms with Gasteiger partial charge >= 0.3 is 0 Å². The third-order valence-electron chi connectivity index (χ3n) is 5.79. The van der Waals surface area contributed by atoms with Gasteiger partial charge in [-0.2, -0.15) is 0 Å². The standard InChI is InChI=1S/C21H28N4O4S/c1-24(2)15-5-8-25(12-15)13-17(26)22-21-23-18(16-4-3-9-29-16)20(30-21)19(27)14-6-10-28-11-7-14/h3-4,9,14-15H,5-8,10-13H2,1-2H3,(H,22,23,26). The fourth-order valence-electron chi connectivity index (χ4n) is 4.01. The van der Waals surface area contributed by atoms with E-state index in [2.05, 4.69) is 34.2 Å². The SMILES string of the molecule is CN(C)C1CCN(CC(=O)Nc2nc(-c3ccco3)c(C(=O)C3CCOCC3)s2)C1. The number of carbonyl (C=O) groups excluding carboxylic acids is 2. The second-order valence-electron chi connectivity index (χ2n) is 8.11. The highest BCUT2D eigenvalue weighted by Crippen LogP contribution is 2.35. The number of ketones is 1. The predicted molar refractivity (Wildman–Crippen MR) is 115 cm³/mol. The summed E-state index contributed by atoms with van der Waals surface area (Å²) in [6.07, 6.45) is 4.03. The van der Waals surface area contributed by atoms with E-state index < -0.39 is 0 Å². The number of amides is 1. The number of hydrogen-bond acceptors (Lipinski definition) is 8. The Morgan fingerprint density at radius 3 is 2.77 bits per heavy atom. The molecule has 2 fully saturated rings. The maximum atomic E-state index is 13.1. The first-order chi connectivity index (χ1) is 14.5. The van der Waals surface area contributed by atoms with Gasteiger partial charge in [-0.3, -0.25) is 14.5 Å². The predicted octanol–water partition coefficient (Wildman–Crippen LogP) is 2.59. The Morgan fingerprint density at radius 1 is 1.30 bits per heavy atom. The monoisotopic (exact) mass is 432 g/mol. The van der Waals surface area contributed by atoms with Crippen LogP contribution in [0.1, 0.15) is 28.9 Å². The minimum Gasteiger partial charge on any atom is -0.463 e. The number of thiazole rings is 1. The van der Waals surface area contributed by atoms with Gasteiger partial charge < -0.3 is 19.4 Å². The Kier molecular flexibility index (Phi) is 6.62. The number of likely N-dealkylation sites (N-methyl/N-ethyl adjacent to an activating group) is 1. The molecule has 162 valence electrons. The van der Waals surface area contributed by atoms with Crippen LogP contribution in [0.15, 0.2) is 22.8 Å². The minimum atomic E-state index is -0.112. The number of nitrogens with one attached hydrogen (secondary N) is 1. The molecule has 0 bridgehead atoms. The third kappa shape index (κ3) is 4.80. The molecule has 0 aliphatic carbocycles. The lowest BCUT2D eigenvalue weighted by Gasteiger charge is -2.20. The van der Waals surface area contributed by atoms with Crippen molar-refractivity contribution >= 4 is 28.2 Å². The molecule has 8 nitrogen and oxygen atoms in total. The number of carbonyl (C=O) groups is 2. The quantitative estimate of drug-likeness (QED) is 0.673. The number of rotatable bonds is 7. The average molecular weight is 433 g/mol. The first-order valence-electron chi connectivity index (χ1n) is 10.4. The molecule has 2 aromatic rings. The molecule has 30 heavy (non-hydrogen) atoms. The zero-order valence-corrected chi connectivity index (χ0v) is 18.2. The molecule has 4 heterocycles. The molecule has 2 aliphatic rings. The van der Waals surface area contributed by atoms with Crippen LogP contribution in [0.4, 0.5) is 5.13 Å². The lowest BCUT2D eigenvalue weighted by atomic mass is 9.94. The maximum absolute atomic E-state index is 13.1. The normalized spacial score (nSPS) is 20.7. The van der Waals surface area contributed by atoms with Gasteiger partial charge in [0.05, 0.1) is 12.8 Å². The molecule has 0 spiro atoms. The number of anilines is 1. The van der Waals surface area contributed by atoms with Gasteiger partial charge in [0, 0.05) is 38.3 Å². The highest BCUT2D eigenvalue weighted by atomic mass is 32.1. The van der Waals surface area contributed by atoms with Gasteiger partial charge in [-0.05, 0) is 45.5 Å². The van der Waals surface area contributed by atoms with Crippen LogP contribution in [0.25, 0.3) is 11.5 Å². The van der Waals surface area contributed by atoms with Crippen molar-refractivity contribution in [2.75, 3.05) is 52.3 Å². The largest absolute Gasteiger partial charge is 0.463 e. The summed E-state index contributed by atoms with van der Waals surface area (Å²) in [5.74, 6) is 0.398. The van der Waals surface area contributed by atoms with E-state index in [4.69, 9.17) is 9.15 Å². The van der Waals surface area contributed by atoms with Crippen LogP contribution < -0.4 is 5.32 Å². The summed E-state index contributed by atoms with van der Waals surface area (Å²) in [6, 6.07) is 4.03. The van der Waals surface area contributed by atoms with Crippen LogP contribution in [0.3, 0.4) is 0 Å². The lowest BCUT2D eigenvalue weighted by molar-refractivity contribution is -0.117. The van der Waals surface area contributed by atoms with Crippen molar-refractivity contribution in [3.8, 4) is 11.5 Å². The van der Waals surface area contributed by atoms with E-state index in [0.717, 1.165) is 19.5 Å². The van der Waals surface area contributed by atoms with Crippen molar-refractivity contribution in [1.29, 1.82) is 0 Å². The molecule has 4 rings (SSSR count). The first kappa shape index (κ1) is 21.2. The molecular formula is C21H28N4O4S. The number of ether oxygens (including phenoxy) is 1. The zero-order chi connectivity index (χ0) is 21.1. The molecule has 9 heteroatoms. The van der Waals surface area contributed by atoms with Gasteiger partial charge in [0.15, 0.2) is 16.7 Å². The maximum Gasteiger partial charge on any atom is 0.240 e. The molecule has 0 aromatic carbocycles. The number of Topliss-reactive ketones (excluding diaryl/α,β-unsaturated/α-hetero) is 1. The van der Waals surface area contributed by atoms with Gasteiger partial charge in [0.25, 0.3) is 0 Å². The second-order valence-corrected chi connectivity index (χ2v) is 9.11. The highest BCUT2D eigenvalue weighted by molar-refractivity contribution is 7.18. The van der Waals surface area contributed by atoms with Crippen molar-refractivity contribution < 1.29 is 18.7 Å². The molecule has 2 saturated heterocycles. The van der Waals surface area contributed by atoms with E-state index >= 15 is 0 Å². The Hall–Kier alpha value is -2.07. The molecule has 0 radical (unpaired) electrons. The fraction of sp³-hybridized carbons (Fsp3) is 0.571. The molecule has 2 aromatic heterocycles. The van der Waals surface area contributed by atoms with Crippen LogP contribution in [-0.4, -0.2) is 79.5 Å². The smallest absolute Gasteiger partial charge is 0.240 e. The van der Waals surface area contributed by atoms with Crippen molar-refractivity contribution in [2.45, 2.75) is 25.3 Å².